The van der Waals surface area contributed by atoms with Crippen LogP contribution in [-0.4, -0.2) is 18.5 Å². The molecular formula is C13H18Cl2N2O. The number of benzene rings is 1. The van der Waals surface area contributed by atoms with Crippen LogP contribution in [0.4, 0.5) is 0 Å². The Bertz CT molecular complexity index is 421. The van der Waals surface area contributed by atoms with E-state index in [9.17, 15) is 4.79 Å². The van der Waals surface area contributed by atoms with Crippen molar-refractivity contribution < 1.29 is 4.79 Å². The van der Waals surface area contributed by atoms with Crippen LogP contribution in [0.1, 0.15) is 32.4 Å². The molecule has 3 nitrogen and oxygen atoms in total. The number of nitrogens with one attached hydrogen (secondary N) is 2. The van der Waals surface area contributed by atoms with Gasteiger partial charge in [-0.25, -0.2) is 0 Å². The molecule has 1 aromatic rings. The van der Waals surface area contributed by atoms with E-state index >= 15 is 0 Å². The fraction of sp³-hybridized carbons (Fsp3) is 0.462. The maximum Gasteiger partial charge on any atom is 0.234 e. The Hall–Kier alpha value is -0.770. The van der Waals surface area contributed by atoms with Crippen molar-refractivity contribution in [3.05, 3.63) is 33.8 Å². The lowest BCUT2D eigenvalue weighted by molar-refractivity contribution is -0.121. The van der Waals surface area contributed by atoms with Gasteiger partial charge in [0.15, 0.2) is 0 Å². The van der Waals surface area contributed by atoms with Gasteiger partial charge in [-0.2, -0.15) is 0 Å². The number of carbonyl (C=O) groups excluding carboxylic acids is 1. The fourth-order valence-electron chi connectivity index (χ4n) is 1.45. The van der Waals surface area contributed by atoms with E-state index in [1.165, 1.54) is 0 Å². The van der Waals surface area contributed by atoms with Gasteiger partial charge in [0.25, 0.3) is 0 Å². The van der Waals surface area contributed by atoms with Crippen LogP contribution in [0.15, 0.2) is 18.2 Å². The summed E-state index contributed by atoms with van der Waals surface area (Å²) < 4.78 is 0. The van der Waals surface area contributed by atoms with Crippen molar-refractivity contribution in [1.29, 1.82) is 0 Å². The van der Waals surface area contributed by atoms with Gasteiger partial charge in [0.2, 0.25) is 5.91 Å². The Morgan fingerprint density at radius 1 is 1.22 bits per heavy atom. The molecule has 0 saturated carbocycles. The maximum absolute atomic E-state index is 11.7. The molecule has 1 aromatic carbocycles. The van der Waals surface area contributed by atoms with E-state index in [-0.39, 0.29) is 18.0 Å². The highest BCUT2D eigenvalue weighted by Crippen LogP contribution is 2.25. The third kappa shape index (κ3) is 4.84. The highest BCUT2D eigenvalue weighted by Gasteiger charge is 2.11. The Labute approximate surface area is 118 Å². The summed E-state index contributed by atoms with van der Waals surface area (Å²) >= 11 is 11.8. The second kappa shape index (κ2) is 6.98. The van der Waals surface area contributed by atoms with Gasteiger partial charge in [-0.05, 0) is 24.6 Å². The summed E-state index contributed by atoms with van der Waals surface area (Å²) in [5.41, 5.74) is 0.933. The van der Waals surface area contributed by atoms with Crippen LogP contribution in [0.3, 0.4) is 0 Å². The summed E-state index contributed by atoms with van der Waals surface area (Å²) in [6, 6.07) is 5.55. The molecule has 0 aromatic heterocycles. The third-order valence-corrected chi connectivity index (χ3v) is 3.23. The summed E-state index contributed by atoms with van der Waals surface area (Å²) in [5, 5.41) is 6.97. The average molecular weight is 289 g/mol. The molecule has 18 heavy (non-hydrogen) atoms. The molecule has 0 aliphatic rings. The van der Waals surface area contributed by atoms with Crippen LogP contribution in [0.25, 0.3) is 0 Å². The van der Waals surface area contributed by atoms with Crippen LogP contribution >= 0.6 is 23.2 Å². The Kier molecular flexibility index (Phi) is 5.93. The topological polar surface area (TPSA) is 41.1 Å². The molecule has 0 radical (unpaired) electrons. The smallest absolute Gasteiger partial charge is 0.234 e. The number of halogens is 2. The largest absolute Gasteiger partial charge is 0.348 e. The van der Waals surface area contributed by atoms with E-state index in [1.807, 2.05) is 26.8 Å². The third-order valence-electron chi connectivity index (χ3n) is 2.49. The van der Waals surface area contributed by atoms with Crippen molar-refractivity contribution in [3.63, 3.8) is 0 Å². The minimum Gasteiger partial charge on any atom is -0.348 e. The molecule has 1 amide bonds. The van der Waals surface area contributed by atoms with Crippen LogP contribution < -0.4 is 10.6 Å². The molecular weight excluding hydrogens is 271 g/mol. The van der Waals surface area contributed by atoms with Crippen molar-refractivity contribution >= 4 is 29.1 Å². The molecule has 0 heterocycles. The number of hydrogen-bond donors (Lipinski definition) is 2. The average Bonchev–Trinajstić information content (AvgIpc) is 2.30. The lowest BCUT2D eigenvalue weighted by Gasteiger charge is -2.16. The predicted molar refractivity (Wildman–Crippen MR) is 76.2 cm³/mol. The second-order valence-corrected chi connectivity index (χ2v) is 5.31. The van der Waals surface area contributed by atoms with Gasteiger partial charge in [0.1, 0.15) is 0 Å². The molecule has 5 heteroatoms. The molecule has 1 unspecified atom stereocenters. The Morgan fingerprint density at radius 2 is 1.89 bits per heavy atom. The molecule has 0 aliphatic carbocycles. The summed E-state index contributed by atoms with van der Waals surface area (Å²) in [6.45, 7) is 6.21. The van der Waals surface area contributed by atoms with Crippen LogP contribution in [0, 0.1) is 0 Å². The first-order valence-electron chi connectivity index (χ1n) is 5.88. The minimum absolute atomic E-state index is 0.0396. The SMILES string of the molecule is CC(C)NCC(=O)NC(C)c1ccc(Cl)c(Cl)c1. The molecule has 0 fully saturated rings. The predicted octanol–water partition coefficient (Wildman–Crippen LogP) is 3.17. The molecule has 2 N–H and O–H groups in total. The van der Waals surface area contributed by atoms with Crippen molar-refractivity contribution in [3.8, 4) is 0 Å². The summed E-state index contributed by atoms with van der Waals surface area (Å²) in [4.78, 5) is 11.7. The van der Waals surface area contributed by atoms with Gasteiger partial charge in [0, 0.05) is 6.04 Å². The van der Waals surface area contributed by atoms with E-state index in [2.05, 4.69) is 10.6 Å². The molecule has 0 spiro atoms. The zero-order valence-electron chi connectivity index (χ0n) is 10.8. The fourth-order valence-corrected chi connectivity index (χ4v) is 1.76. The molecule has 0 saturated heterocycles. The maximum atomic E-state index is 11.7. The van der Waals surface area contributed by atoms with Crippen LogP contribution in [-0.2, 0) is 4.79 Å². The highest BCUT2D eigenvalue weighted by atomic mass is 35.5. The number of rotatable bonds is 5. The molecule has 1 atom stereocenters. The lowest BCUT2D eigenvalue weighted by atomic mass is 10.1. The van der Waals surface area contributed by atoms with Gasteiger partial charge in [-0.3, -0.25) is 4.79 Å². The molecule has 100 valence electrons. The highest BCUT2D eigenvalue weighted by molar-refractivity contribution is 6.42. The van der Waals surface area contributed by atoms with Gasteiger partial charge in [0.05, 0.1) is 22.6 Å². The first kappa shape index (κ1) is 15.3. The Morgan fingerprint density at radius 3 is 2.44 bits per heavy atom. The van der Waals surface area contributed by atoms with Gasteiger partial charge < -0.3 is 10.6 Å². The first-order chi connectivity index (χ1) is 8.40. The zero-order valence-corrected chi connectivity index (χ0v) is 12.3. The van der Waals surface area contributed by atoms with Crippen molar-refractivity contribution in [2.75, 3.05) is 6.54 Å². The second-order valence-electron chi connectivity index (χ2n) is 4.50. The summed E-state index contributed by atoms with van der Waals surface area (Å²) in [5.74, 6) is -0.0396. The first-order valence-corrected chi connectivity index (χ1v) is 6.63. The van der Waals surface area contributed by atoms with Crippen LogP contribution in [0.2, 0.25) is 10.0 Å². The van der Waals surface area contributed by atoms with E-state index < -0.39 is 0 Å². The molecule has 0 bridgehead atoms. The van der Waals surface area contributed by atoms with Gasteiger partial charge in [-0.1, -0.05) is 43.1 Å². The zero-order chi connectivity index (χ0) is 13.7. The monoisotopic (exact) mass is 288 g/mol. The lowest BCUT2D eigenvalue weighted by Crippen LogP contribution is -2.37. The van der Waals surface area contributed by atoms with E-state index in [0.717, 1.165) is 5.56 Å². The normalized spacial score (nSPS) is 12.6. The number of hydrogen-bond acceptors (Lipinski definition) is 2. The van der Waals surface area contributed by atoms with Crippen molar-refractivity contribution in [1.82, 2.24) is 10.6 Å². The summed E-state index contributed by atoms with van der Waals surface area (Å²) in [6.07, 6.45) is 0. The molecule has 1 rings (SSSR count). The number of carbonyl (C=O) groups is 1. The standard InChI is InChI=1S/C13H18Cl2N2O/c1-8(2)16-7-13(18)17-9(3)10-4-5-11(14)12(15)6-10/h4-6,8-9,16H,7H2,1-3H3,(H,17,18). The molecule has 0 aliphatic heterocycles. The van der Waals surface area contributed by atoms with E-state index in [0.29, 0.717) is 16.6 Å². The number of amides is 1. The van der Waals surface area contributed by atoms with Crippen molar-refractivity contribution in [2.24, 2.45) is 0 Å². The quantitative estimate of drug-likeness (QED) is 0.874. The Balaban J connectivity index is 2.56. The minimum atomic E-state index is -0.0961. The van der Waals surface area contributed by atoms with Crippen molar-refractivity contribution in [2.45, 2.75) is 32.9 Å². The van der Waals surface area contributed by atoms with Crippen LogP contribution in [0.5, 0.6) is 0 Å². The summed E-state index contributed by atoms with van der Waals surface area (Å²) in [7, 11) is 0. The van der Waals surface area contributed by atoms with Gasteiger partial charge >= 0.3 is 0 Å². The van der Waals surface area contributed by atoms with E-state index in [1.54, 1.807) is 12.1 Å². The van der Waals surface area contributed by atoms with E-state index in [4.69, 9.17) is 23.2 Å². The van der Waals surface area contributed by atoms with Gasteiger partial charge in [-0.15, -0.1) is 0 Å².